The van der Waals surface area contributed by atoms with Crippen LogP contribution in [-0.4, -0.2) is 28.2 Å². The topological polar surface area (TPSA) is 89.1 Å². The van der Waals surface area contributed by atoms with Crippen LogP contribution in [0.15, 0.2) is 48.7 Å². The van der Waals surface area contributed by atoms with Crippen LogP contribution in [0.25, 0.3) is 10.9 Å². The summed E-state index contributed by atoms with van der Waals surface area (Å²) >= 11 is 0. The van der Waals surface area contributed by atoms with Gasteiger partial charge in [0.05, 0.1) is 19.0 Å². The summed E-state index contributed by atoms with van der Waals surface area (Å²) in [4.78, 5) is 16.7. The molecule has 158 valence electrons. The Bertz CT molecular complexity index is 1270. The van der Waals surface area contributed by atoms with Crippen LogP contribution >= 0.6 is 0 Å². The van der Waals surface area contributed by atoms with Crippen molar-refractivity contribution < 1.29 is 18.7 Å². The lowest BCUT2D eigenvalue weighted by Crippen LogP contribution is -2.15. The van der Waals surface area contributed by atoms with Gasteiger partial charge in [0.2, 0.25) is 5.91 Å². The number of rotatable bonds is 6. The number of amides is 1. The number of halogens is 1. The van der Waals surface area contributed by atoms with Gasteiger partial charge in [-0.2, -0.15) is 5.10 Å². The van der Waals surface area contributed by atoms with Gasteiger partial charge < -0.3 is 14.8 Å². The maximum atomic E-state index is 13.7. The summed E-state index contributed by atoms with van der Waals surface area (Å²) in [5.41, 5.74) is 3.12. The number of carbonyl (C=O) groups excluding carboxylic acids is 1. The number of hydrogen-bond donors (Lipinski definition) is 2. The maximum absolute atomic E-state index is 13.7. The number of methoxy groups -OCH3 is 1. The predicted octanol–water partition coefficient (Wildman–Crippen LogP) is 4.70. The van der Waals surface area contributed by atoms with Crippen LogP contribution in [0.4, 0.5) is 10.2 Å². The number of pyridine rings is 1. The van der Waals surface area contributed by atoms with E-state index in [0.29, 0.717) is 39.5 Å². The van der Waals surface area contributed by atoms with Crippen LogP contribution < -0.4 is 14.8 Å². The number of nitrogens with one attached hydrogen (secondary N) is 2. The third-order valence-corrected chi connectivity index (χ3v) is 5.01. The number of anilines is 1. The van der Waals surface area contributed by atoms with E-state index in [9.17, 15) is 9.18 Å². The lowest BCUT2D eigenvalue weighted by atomic mass is 10.1. The largest absolute Gasteiger partial charge is 0.496 e. The average molecular weight is 420 g/mol. The number of aromatic nitrogens is 3. The molecule has 31 heavy (non-hydrogen) atoms. The van der Waals surface area contributed by atoms with Crippen LogP contribution in [-0.2, 0) is 11.2 Å². The highest BCUT2D eigenvalue weighted by atomic mass is 19.1. The summed E-state index contributed by atoms with van der Waals surface area (Å²) in [6.45, 7) is 3.77. The second kappa shape index (κ2) is 8.43. The Morgan fingerprint density at radius 2 is 1.97 bits per heavy atom. The zero-order valence-electron chi connectivity index (χ0n) is 17.3. The van der Waals surface area contributed by atoms with Gasteiger partial charge in [0.25, 0.3) is 0 Å². The molecule has 0 aliphatic heterocycles. The summed E-state index contributed by atoms with van der Waals surface area (Å²) in [6.07, 6.45) is 1.71. The van der Waals surface area contributed by atoms with Gasteiger partial charge in [0, 0.05) is 34.5 Å². The number of H-pyrrole nitrogens is 1. The Balaban J connectivity index is 1.54. The smallest absolute Gasteiger partial charge is 0.230 e. The first-order valence-electron chi connectivity index (χ1n) is 9.65. The van der Waals surface area contributed by atoms with Crippen molar-refractivity contribution in [3.63, 3.8) is 0 Å². The molecule has 4 rings (SSSR count). The van der Waals surface area contributed by atoms with Crippen molar-refractivity contribution in [1.82, 2.24) is 15.2 Å². The van der Waals surface area contributed by atoms with Crippen molar-refractivity contribution in [1.29, 1.82) is 0 Å². The molecule has 0 fully saturated rings. The molecule has 2 heterocycles. The third-order valence-electron chi connectivity index (χ3n) is 5.01. The Kier molecular flexibility index (Phi) is 5.53. The summed E-state index contributed by atoms with van der Waals surface area (Å²) < 4.78 is 25.1. The molecule has 0 atom stereocenters. The van der Waals surface area contributed by atoms with Gasteiger partial charge in [-0.1, -0.05) is 6.07 Å². The number of hydrogen-bond acceptors (Lipinski definition) is 5. The van der Waals surface area contributed by atoms with E-state index in [2.05, 4.69) is 20.5 Å². The first-order valence-corrected chi connectivity index (χ1v) is 9.65. The fraction of sp³-hybridized carbons (Fsp3) is 0.174. The number of benzene rings is 2. The molecule has 2 aromatic heterocycles. The highest BCUT2D eigenvalue weighted by molar-refractivity contribution is 5.92. The first-order chi connectivity index (χ1) is 14.9. The Morgan fingerprint density at radius 1 is 1.13 bits per heavy atom. The predicted molar refractivity (Wildman–Crippen MR) is 115 cm³/mol. The van der Waals surface area contributed by atoms with Gasteiger partial charge in [-0.05, 0) is 44.2 Å². The van der Waals surface area contributed by atoms with E-state index < -0.39 is 0 Å². The van der Waals surface area contributed by atoms with Crippen LogP contribution in [0.1, 0.15) is 16.8 Å². The van der Waals surface area contributed by atoms with Crippen molar-refractivity contribution in [2.75, 3.05) is 12.4 Å². The zero-order chi connectivity index (χ0) is 22.0. The molecule has 1 amide bonds. The second-order valence-corrected chi connectivity index (χ2v) is 7.09. The molecule has 0 aliphatic rings. The van der Waals surface area contributed by atoms with E-state index in [0.717, 1.165) is 11.3 Å². The summed E-state index contributed by atoms with van der Waals surface area (Å²) in [5.74, 6) is 1.41. The molecule has 8 heteroatoms. The van der Waals surface area contributed by atoms with E-state index >= 15 is 0 Å². The molecule has 7 nitrogen and oxygen atoms in total. The molecular weight excluding hydrogens is 399 g/mol. The minimum atomic E-state index is -0.369. The van der Waals surface area contributed by atoms with Crippen molar-refractivity contribution in [3.05, 3.63) is 71.3 Å². The van der Waals surface area contributed by atoms with Gasteiger partial charge >= 0.3 is 0 Å². The quantitative estimate of drug-likeness (QED) is 0.472. The van der Waals surface area contributed by atoms with Gasteiger partial charge in [-0.15, -0.1) is 0 Å². The molecule has 0 aliphatic carbocycles. The van der Waals surface area contributed by atoms with Gasteiger partial charge in [0.15, 0.2) is 5.82 Å². The maximum Gasteiger partial charge on any atom is 0.230 e. The van der Waals surface area contributed by atoms with E-state index in [1.54, 1.807) is 36.5 Å². The number of nitrogens with zero attached hydrogens (tertiary/aromatic N) is 2. The van der Waals surface area contributed by atoms with E-state index in [1.807, 2.05) is 13.8 Å². The lowest BCUT2D eigenvalue weighted by Gasteiger charge is -2.13. The molecule has 0 radical (unpaired) electrons. The third kappa shape index (κ3) is 4.32. The molecule has 0 spiro atoms. The number of carbonyl (C=O) groups is 1. The minimum absolute atomic E-state index is 0.109. The average Bonchev–Trinajstić information content (AvgIpc) is 3.07. The number of ether oxygens (including phenoxy) is 2. The minimum Gasteiger partial charge on any atom is -0.496 e. The first kappa shape index (κ1) is 20.3. The number of aromatic amines is 1. The Morgan fingerprint density at radius 3 is 2.71 bits per heavy atom. The van der Waals surface area contributed by atoms with Crippen molar-refractivity contribution in [2.45, 2.75) is 20.3 Å². The van der Waals surface area contributed by atoms with Gasteiger partial charge in [-0.25, -0.2) is 4.39 Å². The SMILES string of the molecule is COc1cc(Oc2ccnc3ccc(F)cc23)ccc1CC(=O)Nc1n[nH]c(C)c1C. The standard InChI is InChI=1S/C23H21FN4O3/c1-13-14(2)27-28-23(13)26-22(29)10-15-4-6-17(12-21(15)30-3)31-20-8-9-25-19-7-5-16(24)11-18(19)20/h4-9,11-12H,10H2,1-3H3,(H2,26,27,28,29). The molecule has 2 N–H and O–H groups in total. The lowest BCUT2D eigenvalue weighted by molar-refractivity contribution is -0.115. The van der Waals surface area contributed by atoms with Crippen molar-refractivity contribution in [3.8, 4) is 17.2 Å². The van der Waals surface area contributed by atoms with Gasteiger partial charge in [-0.3, -0.25) is 14.9 Å². The fourth-order valence-corrected chi connectivity index (χ4v) is 3.20. The molecular formula is C23H21FN4O3. The molecule has 4 aromatic rings. The van der Waals surface area contributed by atoms with Crippen LogP contribution in [0.5, 0.6) is 17.2 Å². The second-order valence-electron chi connectivity index (χ2n) is 7.09. The molecule has 0 saturated heterocycles. The zero-order valence-corrected chi connectivity index (χ0v) is 17.3. The van der Waals surface area contributed by atoms with E-state index in [-0.39, 0.29) is 18.1 Å². The summed E-state index contributed by atoms with van der Waals surface area (Å²) in [7, 11) is 1.53. The van der Waals surface area contributed by atoms with E-state index in [4.69, 9.17) is 9.47 Å². The Labute approximate surface area is 178 Å². The summed E-state index contributed by atoms with van der Waals surface area (Å²) in [5, 5.41) is 10.3. The molecule has 0 bridgehead atoms. The van der Waals surface area contributed by atoms with Crippen LogP contribution in [0.2, 0.25) is 0 Å². The summed E-state index contributed by atoms with van der Waals surface area (Å²) in [6, 6.07) is 11.2. The Hall–Kier alpha value is -3.94. The van der Waals surface area contributed by atoms with Crippen LogP contribution in [0, 0.1) is 19.7 Å². The highest BCUT2D eigenvalue weighted by Gasteiger charge is 2.14. The number of fused-ring (bicyclic) bond motifs is 1. The molecule has 0 saturated carbocycles. The van der Waals surface area contributed by atoms with E-state index in [1.165, 1.54) is 19.2 Å². The normalized spacial score (nSPS) is 10.8. The molecule has 0 unspecified atom stereocenters. The van der Waals surface area contributed by atoms with Gasteiger partial charge in [0.1, 0.15) is 23.1 Å². The highest BCUT2D eigenvalue weighted by Crippen LogP contribution is 2.32. The monoisotopic (exact) mass is 420 g/mol. The fourth-order valence-electron chi connectivity index (χ4n) is 3.20. The van der Waals surface area contributed by atoms with Crippen molar-refractivity contribution >= 4 is 22.6 Å². The van der Waals surface area contributed by atoms with Crippen molar-refractivity contribution in [2.24, 2.45) is 0 Å². The number of aryl methyl sites for hydroxylation is 1. The molecule has 2 aromatic carbocycles. The van der Waals surface area contributed by atoms with Crippen LogP contribution in [0.3, 0.4) is 0 Å².